The van der Waals surface area contributed by atoms with Gasteiger partial charge in [-0.3, -0.25) is 0 Å². The number of methoxy groups -OCH3 is 1. The van der Waals surface area contributed by atoms with Crippen molar-refractivity contribution in [3.63, 3.8) is 0 Å². The largest absolute Gasteiger partial charge is 0.493 e. The minimum atomic E-state index is -2.20. The standard InChI is InChI=1S/C10H12O5S/c1-3-15-8-5-4-7(10(11)14-2)6-9(8)16(12)13/h4-6H,3H2,1-2H3,(H,12,13). The van der Waals surface area contributed by atoms with Gasteiger partial charge in [-0.15, -0.1) is 0 Å². The summed E-state index contributed by atoms with van der Waals surface area (Å²) in [5.74, 6) is -0.272. The number of carbonyl (C=O) groups is 1. The van der Waals surface area contributed by atoms with Crippen LogP contribution in [0.2, 0.25) is 0 Å². The first-order chi connectivity index (χ1) is 7.60. The van der Waals surface area contributed by atoms with E-state index < -0.39 is 17.0 Å². The Kier molecular flexibility index (Phi) is 4.45. The summed E-state index contributed by atoms with van der Waals surface area (Å²) in [5.41, 5.74) is 0.211. The lowest BCUT2D eigenvalue weighted by molar-refractivity contribution is 0.0600. The number of esters is 1. The number of hydrogen-bond acceptors (Lipinski definition) is 4. The molecule has 0 aliphatic heterocycles. The zero-order valence-corrected chi connectivity index (χ0v) is 9.74. The predicted octanol–water partition coefficient (Wildman–Crippen LogP) is 1.45. The molecule has 0 aromatic heterocycles. The van der Waals surface area contributed by atoms with E-state index in [2.05, 4.69) is 4.74 Å². The summed E-state index contributed by atoms with van der Waals surface area (Å²) in [4.78, 5) is 11.3. The molecule has 16 heavy (non-hydrogen) atoms. The third kappa shape index (κ3) is 2.80. The summed E-state index contributed by atoms with van der Waals surface area (Å²) in [6.07, 6.45) is 0. The highest BCUT2D eigenvalue weighted by Gasteiger charge is 2.14. The van der Waals surface area contributed by atoms with Crippen molar-refractivity contribution in [2.24, 2.45) is 0 Å². The molecule has 1 rings (SSSR count). The molecule has 0 saturated carbocycles. The van der Waals surface area contributed by atoms with Crippen LogP contribution in [0.15, 0.2) is 23.1 Å². The molecule has 1 atom stereocenters. The predicted molar refractivity (Wildman–Crippen MR) is 58.0 cm³/mol. The molecule has 88 valence electrons. The fraction of sp³-hybridized carbons (Fsp3) is 0.300. The molecule has 0 amide bonds. The van der Waals surface area contributed by atoms with Gasteiger partial charge in [0.25, 0.3) is 0 Å². The van der Waals surface area contributed by atoms with Crippen molar-refractivity contribution >= 4 is 17.0 Å². The van der Waals surface area contributed by atoms with Crippen molar-refractivity contribution in [3.05, 3.63) is 23.8 Å². The van der Waals surface area contributed by atoms with Crippen molar-refractivity contribution < 1.29 is 23.0 Å². The fourth-order valence-corrected chi connectivity index (χ4v) is 1.69. The van der Waals surface area contributed by atoms with Gasteiger partial charge in [-0.05, 0) is 25.1 Å². The maximum absolute atomic E-state index is 11.2. The lowest BCUT2D eigenvalue weighted by atomic mass is 10.2. The first kappa shape index (κ1) is 12.7. The summed E-state index contributed by atoms with van der Waals surface area (Å²) in [6.45, 7) is 2.14. The maximum atomic E-state index is 11.2. The monoisotopic (exact) mass is 244 g/mol. The maximum Gasteiger partial charge on any atom is 0.337 e. The lowest BCUT2D eigenvalue weighted by Gasteiger charge is -2.08. The Labute approximate surface area is 95.7 Å². The van der Waals surface area contributed by atoms with Gasteiger partial charge in [-0.25, -0.2) is 9.00 Å². The lowest BCUT2D eigenvalue weighted by Crippen LogP contribution is -2.04. The van der Waals surface area contributed by atoms with Crippen LogP contribution in [0.4, 0.5) is 0 Å². The molecule has 0 fully saturated rings. The second kappa shape index (κ2) is 5.62. The zero-order chi connectivity index (χ0) is 12.1. The van der Waals surface area contributed by atoms with Crippen LogP contribution in [0.5, 0.6) is 5.75 Å². The van der Waals surface area contributed by atoms with Crippen molar-refractivity contribution in [2.75, 3.05) is 13.7 Å². The van der Waals surface area contributed by atoms with E-state index in [0.717, 1.165) is 0 Å². The van der Waals surface area contributed by atoms with Crippen LogP contribution >= 0.6 is 0 Å². The van der Waals surface area contributed by atoms with Gasteiger partial charge in [0.05, 0.1) is 19.3 Å². The number of ether oxygens (including phenoxy) is 2. The molecule has 0 aliphatic carbocycles. The van der Waals surface area contributed by atoms with Gasteiger partial charge in [-0.2, -0.15) is 0 Å². The van der Waals surface area contributed by atoms with Crippen molar-refractivity contribution in [1.82, 2.24) is 0 Å². The molecule has 0 heterocycles. The normalized spacial score (nSPS) is 11.9. The van der Waals surface area contributed by atoms with Crippen LogP contribution in [-0.4, -0.2) is 28.4 Å². The van der Waals surface area contributed by atoms with Gasteiger partial charge in [-0.1, -0.05) is 0 Å². The Morgan fingerprint density at radius 1 is 1.50 bits per heavy atom. The zero-order valence-electron chi connectivity index (χ0n) is 8.93. The van der Waals surface area contributed by atoms with Crippen LogP contribution in [0, 0.1) is 0 Å². The van der Waals surface area contributed by atoms with Gasteiger partial charge < -0.3 is 14.0 Å². The quantitative estimate of drug-likeness (QED) is 0.641. The summed E-state index contributed by atoms with van der Waals surface area (Å²) in [6, 6.07) is 4.24. The molecule has 6 heteroatoms. The first-order valence-corrected chi connectivity index (χ1v) is 5.66. The molecule has 1 aromatic rings. The van der Waals surface area contributed by atoms with Crippen molar-refractivity contribution in [2.45, 2.75) is 11.8 Å². The van der Waals surface area contributed by atoms with Crippen LogP contribution in [0.25, 0.3) is 0 Å². The van der Waals surface area contributed by atoms with Gasteiger partial charge >= 0.3 is 5.97 Å². The second-order valence-electron chi connectivity index (χ2n) is 2.84. The Morgan fingerprint density at radius 3 is 2.69 bits per heavy atom. The molecule has 0 bridgehead atoms. The molecule has 0 aliphatic rings. The van der Waals surface area contributed by atoms with E-state index in [1.54, 1.807) is 6.92 Å². The van der Waals surface area contributed by atoms with Gasteiger partial charge in [0.1, 0.15) is 10.6 Å². The van der Waals surface area contributed by atoms with Crippen molar-refractivity contribution in [1.29, 1.82) is 0 Å². The molecule has 5 nitrogen and oxygen atoms in total. The summed E-state index contributed by atoms with van der Waals surface area (Å²) < 4.78 is 29.8. The molecule has 0 radical (unpaired) electrons. The molecular weight excluding hydrogens is 232 g/mol. The highest BCUT2D eigenvalue weighted by molar-refractivity contribution is 7.79. The van der Waals surface area contributed by atoms with E-state index in [4.69, 9.17) is 9.29 Å². The van der Waals surface area contributed by atoms with Gasteiger partial charge in [0, 0.05) is 0 Å². The minimum absolute atomic E-state index is 0.0600. The number of rotatable bonds is 4. The molecular formula is C10H12O5S. The van der Waals surface area contributed by atoms with Crippen LogP contribution < -0.4 is 4.74 Å². The summed E-state index contributed by atoms with van der Waals surface area (Å²) in [5, 5.41) is 0. The fourth-order valence-electron chi connectivity index (χ4n) is 1.16. The van der Waals surface area contributed by atoms with E-state index in [0.29, 0.717) is 6.61 Å². The van der Waals surface area contributed by atoms with Crippen LogP contribution in [0.1, 0.15) is 17.3 Å². The van der Waals surface area contributed by atoms with E-state index in [9.17, 15) is 9.00 Å². The Hall–Kier alpha value is -1.40. The van der Waals surface area contributed by atoms with E-state index in [-0.39, 0.29) is 16.2 Å². The highest BCUT2D eigenvalue weighted by atomic mass is 32.2. The third-order valence-electron chi connectivity index (χ3n) is 1.85. The molecule has 0 saturated heterocycles. The molecule has 1 N–H and O–H groups in total. The Balaban J connectivity index is 3.17. The number of carbonyl (C=O) groups excluding carboxylic acids is 1. The topological polar surface area (TPSA) is 72.8 Å². The first-order valence-electron chi connectivity index (χ1n) is 4.56. The van der Waals surface area contributed by atoms with E-state index >= 15 is 0 Å². The average Bonchev–Trinajstić information content (AvgIpc) is 2.28. The summed E-state index contributed by atoms with van der Waals surface area (Å²) >= 11 is -2.20. The highest BCUT2D eigenvalue weighted by Crippen LogP contribution is 2.23. The summed E-state index contributed by atoms with van der Waals surface area (Å²) in [7, 11) is 1.24. The number of benzene rings is 1. The van der Waals surface area contributed by atoms with Gasteiger partial charge in [0.15, 0.2) is 11.1 Å². The van der Waals surface area contributed by atoms with E-state index in [1.165, 1.54) is 25.3 Å². The average molecular weight is 244 g/mol. The van der Waals surface area contributed by atoms with E-state index in [1.807, 2.05) is 0 Å². The third-order valence-corrected chi connectivity index (χ3v) is 2.55. The van der Waals surface area contributed by atoms with Crippen LogP contribution in [-0.2, 0) is 15.8 Å². The smallest absolute Gasteiger partial charge is 0.337 e. The van der Waals surface area contributed by atoms with Gasteiger partial charge in [0.2, 0.25) is 0 Å². The van der Waals surface area contributed by atoms with Crippen LogP contribution in [0.3, 0.4) is 0 Å². The number of hydrogen-bond donors (Lipinski definition) is 1. The Morgan fingerprint density at radius 2 is 2.19 bits per heavy atom. The molecule has 1 aromatic carbocycles. The minimum Gasteiger partial charge on any atom is -0.493 e. The molecule has 1 unspecified atom stereocenters. The van der Waals surface area contributed by atoms with Crippen molar-refractivity contribution in [3.8, 4) is 5.75 Å². The second-order valence-corrected chi connectivity index (χ2v) is 3.77. The SMILES string of the molecule is CCOc1ccc(C(=O)OC)cc1S(=O)O. The Bertz CT molecular complexity index is 416. The molecule has 0 spiro atoms.